The molecule has 0 bridgehead atoms. The molecule has 0 aromatic heterocycles. The van der Waals surface area contributed by atoms with Crippen molar-refractivity contribution in [2.45, 2.75) is 0 Å². The van der Waals surface area contributed by atoms with Crippen molar-refractivity contribution in [2.24, 2.45) is 0 Å². The van der Waals surface area contributed by atoms with Crippen molar-refractivity contribution < 1.29 is 19.1 Å². The second-order valence-electron chi connectivity index (χ2n) is 3.31. The molecule has 74 valence electrons. The van der Waals surface area contributed by atoms with Crippen LogP contribution in [-0.4, -0.2) is 18.4 Å². The first kappa shape index (κ1) is 8.23. The summed E-state index contributed by atoms with van der Waals surface area (Å²) in [5.74, 6) is -0.426. The molecule has 3 rings (SSSR count). The number of ether oxygens (including phenoxy) is 2. The summed E-state index contributed by atoms with van der Waals surface area (Å²) in [5.41, 5.74) is 0.983. The number of esters is 1. The Morgan fingerprint density at radius 2 is 1.93 bits per heavy atom. The minimum absolute atomic E-state index is 0.108. The lowest BCUT2D eigenvalue weighted by atomic mass is 10.0. The van der Waals surface area contributed by atoms with E-state index in [-0.39, 0.29) is 6.61 Å². The van der Waals surface area contributed by atoms with E-state index in [1.165, 1.54) is 0 Å². The van der Waals surface area contributed by atoms with Crippen molar-refractivity contribution in [3.8, 4) is 5.75 Å². The van der Waals surface area contributed by atoms with Gasteiger partial charge in [-0.2, -0.15) is 0 Å². The molecule has 0 amide bonds. The van der Waals surface area contributed by atoms with Crippen LogP contribution >= 0.6 is 0 Å². The summed E-state index contributed by atoms with van der Waals surface area (Å²) in [6, 6.07) is 7.16. The smallest absolute Gasteiger partial charge is 0.385 e. The largest absolute Gasteiger partial charge is 0.488 e. The van der Waals surface area contributed by atoms with E-state index >= 15 is 0 Å². The molecule has 2 aliphatic rings. The number of para-hydroxylation sites is 1. The van der Waals surface area contributed by atoms with Crippen LogP contribution in [0, 0.1) is 0 Å². The van der Waals surface area contributed by atoms with Gasteiger partial charge in [-0.15, -0.1) is 0 Å². The summed E-state index contributed by atoms with van der Waals surface area (Å²) in [6.07, 6.45) is 0. The van der Waals surface area contributed by atoms with E-state index in [2.05, 4.69) is 0 Å². The van der Waals surface area contributed by atoms with Crippen LogP contribution in [0.25, 0.3) is 5.76 Å². The van der Waals surface area contributed by atoms with Crippen LogP contribution in [0.1, 0.15) is 5.56 Å². The van der Waals surface area contributed by atoms with E-state index < -0.39 is 11.8 Å². The Balaban J connectivity index is 2.21. The zero-order valence-electron chi connectivity index (χ0n) is 7.65. The number of hydrogen-bond donors (Lipinski definition) is 0. The minimum Gasteiger partial charge on any atom is -0.488 e. The number of Topliss-reactive ketones (excluding diaryl/α,β-unsaturated/α-hetero) is 1. The van der Waals surface area contributed by atoms with Crippen LogP contribution in [0.4, 0.5) is 0 Å². The standard InChI is InChI=1S/C11H6O4/c12-9-7-5-14-8-4-2-1-3-6(8)10(7)15-11(9)13/h1-4H,5H2. The van der Waals surface area contributed by atoms with Crippen molar-refractivity contribution in [1.82, 2.24) is 0 Å². The highest BCUT2D eigenvalue weighted by molar-refractivity contribution is 6.45. The third-order valence-corrected chi connectivity index (χ3v) is 2.43. The number of rotatable bonds is 0. The molecule has 0 spiro atoms. The second-order valence-corrected chi connectivity index (χ2v) is 3.31. The monoisotopic (exact) mass is 202 g/mol. The van der Waals surface area contributed by atoms with Crippen molar-refractivity contribution in [2.75, 3.05) is 6.61 Å². The molecular weight excluding hydrogens is 196 g/mol. The fourth-order valence-corrected chi connectivity index (χ4v) is 1.71. The summed E-state index contributed by atoms with van der Waals surface area (Å²) < 4.78 is 10.3. The molecule has 1 aromatic carbocycles. The molecule has 4 nitrogen and oxygen atoms in total. The number of carbonyl (C=O) groups is 2. The third kappa shape index (κ3) is 1.01. The highest BCUT2D eigenvalue weighted by Crippen LogP contribution is 2.37. The maximum absolute atomic E-state index is 11.3. The van der Waals surface area contributed by atoms with Gasteiger partial charge in [-0.05, 0) is 12.1 Å². The number of ketones is 1. The average Bonchev–Trinajstić information content (AvgIpc) is 2.56. The first-order valence-electron chi connectivity index (χ1n) is 4.49. The molecule has 0 aliphatic carbocycles. The SMILES string of the molecule is O=C1OC2=C(COc3ccccc32)C1=O. The molecule has 0 saturated heterocycles. The van der Waals surface area contributed by atoms with Gasteiger partial charge in [0.05, 0.1) is 11.1 Å². The maximum atomic E-state index is 11.3. The molecule has 15 heavy (non-hydrogen) atoms. The zero-order valence-corrected chi connectivity index (χ0v) is 7.65. The Hall–Kier alpha value is -2.10. The lowest BCUT2D eigenvalue weighted by Crippen LogP contribution is -2.15. The molecule has 0 N–H and O–H groups in total. The fraction of sp³-hybridized carbons (Fsp3) is 0.0909. The van der Waals surface area contributed by atoms with Crippen LogP contribution < -0.4 is 4.74 Å². The summed E-state index contributed by atoms with van der Waals surface area (Å²) in [5, 5.41) is 0. The van der Waals surface area contributed by atoms with Gasteiger partial charge in [0.1, 0.15) is 12.4 Å². The maximum Gasteiger partial charge on any atom is 0.385 e. The first-order chi connectivity index (χ1) is 7.27. The van der Waals surface area contributed by atoms with E-state index in [1.54, 1.807) is 18.2 Å². The van der Waals surface area contributed by atoms with Crippen molar-refractivity contribution in [3.63, 3.8) is 0 Å². The second kappa shape index (κ2) is 2.70. The first-order valence-corrected chi connectivity index (χ1v) is 4.49. The molecule has 0 unspecified atom stereocenters. The van der Waals surface area contributed by atoms with E-state index in [1.807, 2.05) is 6.07 Å². The van der Waals surface area contributed by atoms with Crippen molar-refractivity contribution in [3.05, 3.63) is 35.4 Å². The topological polar surface area (TPSA) is 52.6 Å². The Labute approximate surface area is 85.1 Å². The van der Waals surface area contributed by atoms with Gasteiger partial charge in [-0.1, -0.05) is 12.1 Å². The number of fused-ring (bicyclic) bond motifs is 2. The predicted octanol–water partition coefficient (Wildman–Crippen LogP) is 0.916. The van der Waals surface area contributed by atoms with Gasteiger partial charge in [0, 0.05) is 0 Å². The van der Waals surface area contributed by atoms with Crippen molar-refractivity contribution >= 4 is 17.5 Å². The van der Waals surface area contributed by atoms with Crippen LogP contribution in [0.15, 0.2) is 29.8 Å². The molecule has 0 atom stereocenters. The highest BCUT2D eigenvalue weighted by Gasteiger charge is 2.38. The Morgan fingerprint density at radius 3 is 2.80 bits per heavy atom. The summed E-state index contributed by atoms with van der Waals surface area (Å²) in [6.45, 7) is 0.108. The fourth-order valence-electron chi connectivity index (χ4n) is 1.71. The number of carbonyl (C=O) groups excluding carboxylic acids is 2. The van der Waals surface area contributed by atoms with Crippen LogP contribution in [0.3, 0.4) is 0 Å². The molecule has 0 radical (unpaired) electrons. The van der Waals surface area contributed by atoms with Gasteiger partial charge in [0.2, 0.25) is 0 Å². The van der Waals surface area contributed by atoms with Crippen molar-refractivity contribution in [1.29, 1.82) is 0 Å². The molecule has 4 heteroatoms. The van der Waals surface area contributed by atoms with E-state index in [0.29, 0.717) is 22.6 Å². The molecule has 0 saturated carbocycles. The molecule has 0 fully saturated rings. The van der Waals surface area contributed by atoms with Gasteiger partial charge in [0.15, 0.2) is 5.76 Å². The summed E-state index contributed by atoms with van der Waals surface area (Å²) in [4.78, 5) is 22.4. The quantitative estimate of drug-likeness (QED) is 0.463. The molecule has 1 aromatic rings. The zero-order chi connectivity index (χ0) is 10.4. The highest BCUT2D eigenvalue weighted by atomic mass is 16.6. The van der Waals surface area contributed by atoms with Gasteiger partial charge < -0.3 is 9.47 Å². The van der Waals surface area contributed by atoms with Gasteiger partial charge in [-0.25, -0.2) is 4.79 Å². The summed E-state index contributed by atoms with van der Waals surface area (Å²) >= 11 is 0. The molecule has 2 heterocycles. The predicted molar refractivity (Wildman–Crippen MR) is 50.0 cm³/mol. The average molecular weight is 202 g/mol. The van der Waals surface area contributed by atoms with E-state index in [9.17, 15) is 9.59 Å². The van der Waals surface area contributed by atoms with E-state index in [0.717, 1.165) is 0 Å². The third-order valence-electron chi connectivity index (χ3n) is 2.43. The number of benzene rings is 1. The van der Waals surface area contributed by atoms with E-state index in [4.69, 9.17) is 9.47 Å². The Bertz CT molecular complexity index is 513. The minimum atomic E-state index is -0.819. The van der Waals surface area contributed by atoms with Crippen LogP contribution in [0.5, 0.6) is 5.75 Å². The Morgan fingerprint density at radius 1 is 1.13 bits per heavy atom. The van der Waals surface area contributed by atoms with Gasteiger partial charge in [-0.3, -0.25) is 4.79 Å². The van der Waals surface area contributed by atoms with Crippen LogP contribution in [-0.2, 0) is 14.3 Å². The summed E-state index contributed by atoms with van der Waals surface area (Å²) in [7, 11) is 0. The molecular formula is C11H6O4. The van der Waals surface area contributed by atoms with Gasteiger partial charge in [0.25, 0.3) is 5.78 Å². The lowest BCUT2D eigenvalue weighted by molar-refractivity contribution is -0.144. The number of hydrogen-bond acceptors (Lipinski definition) is 4. The van der Waals surface area contributed by atoms with Crippen LogP contribution in [0.2, 0.25) is 0 Å². The lowest BCUT2D eigenvalue weighted by Gasteiger charge is -2.16. The normalized spacial score (nSPS) is 18.1. The molecule has 2 aliphatic heterocycles. The Kier molecular flexibility index (Phi) is 1.48. The van der Waals surface area contributed by atoms with Gasteiger partial charge >= 0.3 is 5.97 Å².